The molecule has 4 aromatic rings. The fourth-order valence-electron chi connectivity index (χ4n) is 4.99. The third-order valence-corrected chi connectivity index (χ3v) is 8.25. The first-order valence-corrected chi connectivity index (χ1v) is 12.8. The molecule has 0 aliphatic heterocycles. The Morgan fingerprint density at radius 1 is 0.500 bits per heavy atom. The van der Waals surface area contributed by atoms with Crippen molar-refractivity contribution < 1.29 is 35.5 Å². The second kappa shape index (κ2) is 6.45. The van der Waals surface area contributed by atoms with Gasteiger partial charge in [-0.1, -0.05) is 42.5 Å². The van der Waals surface area contributed by atoms with Crippen LogP contribution in [-0.2, 0) is 20.2 Å². The standard InChI is InChI=1S/C24H12O8S2/c25-22-15-4-2-1-3-11(15)12-5-8-17-20-13(6-7-16(22)19(12)20)14-9-10-18(33(27,28)29)24(34(30,31)32)21(14)23(17)26/h1-10H,(H,27,28,29)(H,30,31,32). The fourth-order valence-corrected chi connectivity index (χ4v) is 6.98. The number of rotatable bonds is 2. The van der Waals surface area contributed by atoms with Crippen LogP contribution in [0.4, 0.5) is 0 Å². The maximum Gasteiger partial charge on any atom is 0.296 e. The molecule has 0 saturated carbocycles. The average molecular weight is 492 g/mol. The quantitative estimate of drug-likeness (QED) is 0.348. The van der Waals surface area contributed by atoms with Gasteiger partial charge in [-0.05, 0) is 40.5 Å². The number of hydrogen-bond acceptors (Lipinski definition) is 6. The van der Waals surface area contributed by atoms with Crippen molar-refractivity contribution in [3.63, 3.8) is 0 Å². The third kappa shape index (κ3) is 2.59. The van der Waals surface area contributed by atoms with Crippen LogP contribution < -0.4 is 0 Å². The largest absolute Gasteiger partial charge is 0.296 e. The summed E-state index contributed by atoms with van der Waals surface area (Å²) in [6.45, 7) is 0. The Morgan fingerprint density at radius 2 is 1.00 bits per heavy atom. The van der Waals surface area contributed by atoms with E-state index in [0.29, 0.717) is 33.0 Å². The zero-order chi connectivity index (χ0) is 24.2. The Labute approximate surface area is 193 Å². The lowest BCUT2D eigenvalue weighted by Crippen LogP contribution is -2.20. The van der Waals surface area contributed by atoms with Crippen molar-refractivity contribution in [1.29, 1.82) is 0 Å². The Morgan fingerprint density at radius 3 is 1.59 bits per heavy atom. The molecule has 34 heavy (non-hydrogen) atoms. The Bertz CT molecular complexity index is 1880. The van der Waals surface area contributed by atoms with Crippen molar-refractivity contribution in [1.82, 2.24) is 0 Å². The lowest BCUT2D eigenvalue weighted by Gasteiger charge is -2.27. The van der Waals surface area contributed by atoms with Gasteiger partial charge in [0, 0.05) is 27.5 Å². The van der Waals surface area contributed by atoms with Crippen molar-refractivity contribution in [2.75, 3.05) is 0 Å². The molecule has 0 radical (unpaired) electrons. The smallest absolute Gasteiger partial charge is 0.289 e. The van der Waals surface area contributed by atoms with Crippen molar-refractivity contribution in [3.8, 4) is 22.3 Å². The predicted octanol–water partition coefficient (Wildman–Crippen LogP) is 3.76. The van der Waals surface area contributed by atoms with E-state index < -0.39 is 41.4 Å². The molecule has 0 fully saturated rings. The molecule has 0 bridgehead atoms. The zero-order valence-corrected chi connectivity index (χ0v) is 18.6. The van der Waals surface area contributed by atoms with Crippen LogP contribution in [0.5, 0.6) is 0 Å². The molecule has 0 spiro atoms. The van der Waals surface area contributed by atoms with Crippen LogP contribution in [0.3, 0.4) is 0 Å². The molecule has 0 unspecified atom stereocenters. The van der Waals surface area contributed by atoms with Gasteiger partial charge in [0.2, 0.25) is 0 Å². The topological polar surface area (TPSA) is 143 Å². The molecule has 0 aromatic heterocycles. The van der Waals surface area contributed by atoms with E-state index in [4.69, 9.17) is 0 Å². The molecule has 2 aliphatic rings. The average Bonchev–Trinajstić information content (AvgIpc) is 2.79. The molecule has 2 aliphatic carbocycles. The van der Waals surface area contributed by atoms with Crippen molar-refractivity contribution in [3.05, 3.63) is 82.9 Å². The molecular formula is C24H12O8S2. The highest BCUT2D eigenvalue weighted by atomic mass is 32.2. The van der Waals surface area contributed by atoms with Crippen LogP contribution in [0.15, 0.2) is 70.5 Å². The van der Waals surface area contributed by atoms with Crippen LogP contribution in [0, 0.1) is 0 Å². The van der Waals surface area contributed by atoms with Crippen LogP contribution in [0.2, 0.25) is 0 Å². The monoisotopic (exact) mass is 492 g/mol. The number of hydrogen-bond donors (Lipinski definition) is 2. The van der Waals surface area contributed by atoms with Gasteiger partial charge in [-0.2, -0.15) is 16.8 Å². The SMILES string of the molecule is O=C1c2ccccc2-c2ccc3c4c(ccc1c24)-c1ccc(S(=O)(=O)O)c(S(=O)(=O)O)c1C3=O. The molecule has 0 amide bonds. The van der Waals surface area contributed by atoms with Gasteiger partial charge in [-0.25, -0.2) is 0 Å². The Balaban J connectivity index is 1.81. The first kappa shape index (κ1) is 20.9. The van der Waals surface area contributed by atoms with Crippen LogP contribution in [-0.4, -0.2) is 37.5 Å². The van der Waals surface area contributed by atoms with Gasteiger partial charge in [0.05, 0.1) is 5.56 Å². The lowest BCUT2D eigenvalue weighted by atomic mass is 9.76. The number of carbonyl (C=O) groups excluding carboxylic acids is 2. The van der Waals surface area contributed by atoms with Crippen molar-refractivity contribution >= 4 is 42.6 Å². The molecule has 6 rings (SSSR count). The summed E-state index contributed by atoms with van der Waals surface area (Å²) in [5.74, 6) is -1.07. The molecule has 0 atom stereocenters. The Kier molecular flexibility index (Phi) is 3.96. The lowest BCUT2D eigenvalue weighted by molar-refractivity contribution is 0.102. The second-order valence-electron chi connectivity index (χ2n) is 8.04. The van der Waals surface area contributed by atoms with Gasteiger partial charge in [-0.15, -0.1) is 0 Å². The summed E-state index contributed by atoms with van der Waals surface area (Å²) < 4.78 is 67.5. The highest BCUT2D eigenvalue weighted by Gasteiger charge is 2.38. The van der Waals surface area contributed by atoms with Crippen LogP contribution >= 0.6 is 0 Å². The van der Waals surface area contributed by atoms with E-state index in [1.54, 1.807) is 42.5 Å². The van der Waals surface area contributed by atoms with E-state index in [9.17, 15) is 35.5 Å². The fraction of sp³-hybridized carbons (Fsp3) is 0. The molecule has 0 heterocycles. The number of fused-ring (bicyclic) bond motifs is 4. The normalized spacial score (nSPS) is 14.2. The molecule has 8 nitrogen and oxygen atoms in total. The molecular weight excluding hydrogens is 480 g/mol. The van der Waals surface area contributed by atoms with Gasteiger partial charge in [0.25, 0.3) is 20.2 Å². The number of carbonyl (C=O) groups is 2. The summed E-state index contributed by atoms with van der Waals surface area (Å²) in [6.07, 6.45) is 0. The summed E-state index contributed by atoms with van der Waals surface area (Å²) in [4.78, 5) is 24.5. The van der Waals surface area contributed by atoms with E-state index in [2.05, 4.69) is 0 Å². The first-order chi connectivity index (χ1) is 16.0. The van der Waals surface area contributed by atoms with Gasteiger partial charge in [0.15, 0.2) is 11.6 Å². The minimum absolute atomic E-state index is 0.0488. The molecule has 0 saturated heterocycles. The first-order valence-electron chi connectivity index (χ1n) is 9.91. The Hall–Kier alpha value is -3.70. The number of benzene rings is 4. The van der Waals surface area contributed by atoms with E-state index in [1.165, 1.54) is 12.1 Å². The van der Waals surface area contributed by atoms with Gasteiger partial charge >= 0.3 is 0 Å². The second-order valence-corrected chi connectivity index (χ2v) is 10.8. The van der Waals surface area contributed by atoms with E-state index in [1.807, 2.05) is 0 Å². The summed E-state index contributed by atoms with van der Waals surface area (Å²) in [7, 11) is -10.3. The van der Waals surface area contributed by atoms with Crippen LogP contribution in [0.1, 0.15) is 31.8 Å². The molecule has 2 N–H and O–H groups in total. The number of ketones is 2. The van der Waals surface area contributed by atoms with Crippen LogP contribution in [0.25, 0.3) is 33.0 Å². The summed E-state index contributed by atoms with van der Waals surface area (Å²) >= 11 is 0. The van der Waals surface area contributed by atoms with Crippen molar-refractivity contribution in [2.45, 2.75) is 9.79 Å². The van der Waals surface area contributed by atoms with E-state index in [0.717, 1.165) is 11.6 Å². The summed E-state index contributed by atoms with van der Waals surface area (Å²) in [5.41, 5.74) is 2.27. The van der Waals surface area contributed by atoms with Gasteiger partial charge in [0.1, 0.15) is 9.79 Å². The van der Waals surface area contributed by atoms with Gasteiger partial charge in [-0.3, -0.25) is 18.7 Å². The van der Waals surface area contributed by atoms with Crippen molar-refractivity contribution in [2.24, 2.45) is 0 Å². The molecule has 10 heteroatoms. The minimum atomic E-state index is -5.24. The van der Waals surface area contributed by atoms with E-state index >= 15 is 0 Å². The maximum absolute atomic E-state index is 13.6. The highest BCUT2D eigenvalue weighted by molar-refractivity contribution is 7.89. The maximum atomic E-state index is 13.6. The minimum Gasteiger partial charge on any atom is -0.289 e. The highest BCUT2D eigenvalue weighted by Crippen LogP contribution is 2.48. The van der Waals surface area contributed by atoms with Gasteiger partial charge < -0.3 is 0 Å². The summed E-state index contributed by atoms with van der Waals surface area (Å²) in [6, 6.07) is 15.4. The van der Waals surface area contributed by atoms with E-state index in [-0.39, 0.29) is 16.9 Å². The third-order valence-electron chi connectivity index (χ3n) is 6.29. The zero-order valence-electron chi connectivity index (χ0n) is 16.9. The predicted molar refractivity (Wildman–Crippen MR) is 121 cm³/mol. The summed E-state index contributed by atoms with van der Waals surface area (Å²) in [5, 5.41) is 0.959. The molecule has 168 valence electrons. The molecule has 4 aromatic carbocycles.